The highest BCUT2D eigenvalue weighted by Crippen LogP contribution is 2.24. The van der Waals surface area contributed by atoms with E-state index in [4.69, 9.17) is 0 Å². The predicted molar refractivity (Wildman–Crippen MR) is 68.0 cm³/mol. The summed E-state index contributed by atoms with van der Waals surface area (Å²) in [6, 6.07) is 5.48. The standard InChI is InChI=1S/C12H17NO3S/c1-8-4-3-5-9(2)12(8)13-10-6-17(15,16)7-11(10)14/h3-5,10-11,13-14H,6-7H2,1-2H3/t10-,11+/m0/s1. The molecule has 0 radical (unpaired) electrons. The van der Waals surface area contributed by atoms with Crippen molar-refractivity contribution in [3.05, 3.63) is 29.3 Å². The summed E-state index contributed by atoms with van der Waals surface area (Å²) >= 11 is 0. The van der Waals surface area contributed by atoms with Crippen LogP contribution in [0, 0.1) is 13.8 Å². The van der Waals surface area contributed by atoms with Crippen LogP contribution in [0.15, 0.2) is 18.2 Å². The first-order chi connectivity index (χ1) is 7.89. The normalized spacial score (nSPS) is 27.0. The molecule has 1 aromatic carbocycles. The van der Waals surface area contributed by atoms with Crippen molar-refractivity contribution in [3.8, 4) is 0 Å². The summed E-state index contributed by atoms with van der Waals surface area (Å²) in [6.07, 6.45) is -0.820. The minimum Gasteiger partial charge on any atom is -0.390 e. The fraction of sp³-hybridized carbons (Fsp3) is 0.500. The van der Waals surface area contributed by atoms with Gasteiger partial charge >= 0.3 is 0 Å². The monoisotopic (exact) mass is 255 g/mol. The van der Waals surface area contributed by atoms with Gasteiger partial charge in [0.25, 0.3) is 0 Å². The Morgan fingerprint density at radius 1 is 1.24 bits per heavy atom. The zero-order valence-corrected chi connectivity index (χ0v) is 10.8. The van der Waals surface area contributed by atoms with Crippen molar-refractivity contribution in [3.63, 3.8) is 0 Å². The molecular weight excluding hydrogens is 238 g/mol. The quantitative estimate of drug-likeness (QED) is 0.823. The zero-order valence-electron chi connectivity index (χ0n) is 9.97. The van der Waals surface area contributed by atoms with Crippen LogP contribution in [0.25, 0.3) is 0 Å². The van der Waals surface area contributed by atoms with Gasteiger partial charge in [-0.2, -0.15) is 0 Å². The Morgan fingerprint density at radius 2 is 1.82 bits per heavy atom. The maximum absolute atomic E-state index is 11.4. The number of hydrogen-bond acceptors (Lipinski definition) is 4. The van der Waals surface area contributed by atoms with Gasteiger partial charge in [-0.25, -0.2) is 8.42 Å². The zero-order chi connectivity index (χ0) is 12.6. The number of anilines is 1. The van der Waals surface area contributed by atoms with E-state index in [2.05, 4.69) is 5.32 Å². The molecule has 0 amide bonds. The van der Waals surface area contributed by atoms with Gasteiger partial charge in [-0.05, 0) is 25.0 Å². The van der Waals surface area contributed by atoms with Crippen LogP contribution in [0.3, 0.4) is 0 Å². The largest absolute Gasteiger partial charge is 0.390 e. The van der Waals surface area contributed by atoms with Crippen LogP contribution < -0.4 is 5.32 Å². The average molecular weight is 255 g/mol. The van der Waals surface area contributed by atoms with Crippen LogP contribution >= 0.6 is 0 Å². The average Bonchev–Trinajstić information content (AvgIpc) is 2.46. The molecule has 0 aromatic heterocycles. The maximum atomic E-state index is 11.4. The smallest absolute Gasteiger partial charge is 0.155 e. The second-order valence-corrected chi connectivity index (χ2v) is 6.82. The lowest BCUT2D eigenvalue weighted by Gasteiger charge is -2.19. The van der Waals surface area contributed by atoms with Crippen LogP contribution in [-0.4, -0.2) is 37.2 Å². The van der Waals surface area contributed by atoms with Gasteiger partial charge in [-0.3, -0.25) is 0 Å². The van der Waals surface area contributed by atoms with Crippen LogP contribution in [0.5, 0.6) is 0 Å². The number of hydrogen-bond donors (Lipinski definition) is 2. The van der Waals surface area contributed by atoms with Gasteiger partial charge in [0.05, 0.1) is 23.7 Å². The maximum Gasteiger partial charge on any atom is 0.155 e. The van der Waals surface area contributed by atoms with Crippen LogP contribution in [0.1, 0.15) is 11.1 Å². The first kappa shape index (κ1) is 12.4. The van der Waals surface area contributed by atoms with Gasteiger partial charge in [-0.15, -0.1) is 0 Å². The van der Waals surface area contributed by atoms with Gasteiger partial charge < -0.3 is 10.4 Å². The van der Waals surface area contributed by atoms with Crippen molar-refractivity contribution in [2.75, 3.05) is 16.8 Å². The van der Waals surface area contributed by atoms with E-state index in [0.717, 1.165) is 16.8 Å². The summed E-state index contributed by atoms with van der Waals surface area (Å²) in [5.41, 5.74) is 3.04. The topological polar surface area (TPSA) is 66.4 Å². The molecule has 94 valence electrons. The molecule has 1 heterocycles. The highest BCUT2D eigenvalue weighted by atomic mass is 32.2. The first-order valence-corrected chi connectivity index (χ1v) is 7.42. The van der Waals surface area contributed by atoms with Crippen molar-refractivity contribution in [1.29, 1.82) is 0 Å². The number of rotatable bonds is 2. The molecule has 0 spiro atoms. The lowest BCUT2D eigenvalue weighted by molar-refractivity contribution is 0.190. The molecular formula is C12H17NO3S. The number of aliphatic hydroxyl groups is 1. The van der Waals surface area contributed by atoms with E-state index in [1.165, 1.54) is 0 Å². The number of nitrogens with one attached hydrogen (secondary N) is 1. The Balaban J connectivity index is 2.22. The molecule has 1 aliphatic heterocycles. The van der Waals surface area contributed by atoms with E-state index in [9.17, 15) is 13.5 Å². The summed E-state index contributed by atoms with van der Waals surface area (Å²) in [5, 5.41) is 12.9. The van der Waals surface area contributed by atoms with E-state index in [1.54, 1.807) is 0 Å². The first-order valence-electron chi connectivity index (χ1n) is 5.60. The third kappa shape index (κ3) is 2.61. The summed E-state index contributed by atoms with van der Waals surface area (Å²) in [5.74, 6) is -0.141. The molecule has 2 N–H and O–H groups in total. The number of aliphatic hydroxyl groups excluding tert-OH is 1. The molecule has 17 heavy (non-hydrogen) atoms. The summed E-state index contributed by atoms with van der Waals surface area (Å²) in [4.78, 5) is 0. The number of aryl methyl sites for hydroxylation is 2. The van der Waals surface area contributed by atoms with Crippen LogP contribution in [0.2, 0.25) is 0 Å². The van der Waals surface area contributed by atoms with Crippen LogP contribution in [-0.2, 0) is 9.84 Å². The van der Waals surface area contributed by atoms with Gasteiger partial charge in [0, 0.05) is 5.69 Å². The summed E-state index contributed by atoms with van der Waals surface area (Å²) in [6.45, 7) is 3.93. The van der Waals surface area contributed by atoms with E-state index in [0.29, 0.717) is 0 Å². The Morgan fingerprint density at radius 3 is 2.29 bits per heavy atom. The lowest BCUT2D eigenvalue weighted by atomic mass is 10.1. The highest BCUT2D eigenvalue weighted by molar-refractivity contribution is 7.91. The summed E-state index contributed by atoms with van der Waals surface area (Å²) < 4.78 is 22.8. The second-order valence-electron chi connectivity index (χ2n) is 4.66. The molecule has 2 atom stereocenters. The molecule has 2 rings (SSSR count). The molecule has 0 unspecified atom stereocenters. The fourth-order valence-corrected chi connectivity index (χ4v) is 3.94. The lowest BCUT2D eigenvalue weighted by Crippen LogP contribution is -2.32. The van der Waals surface area contributed by atoms with Crippen molar-refractivity contribution in [2.24, 2.45) is 0 Å². The molecule has 1 saturated heterocycles. The van der Waals surface area contributed by atoms with Gasteiger partial charge in [0.1, 0.15) is 0 Å². The van der Waals surface area contributed by atoms with E-state index in [-0.39, 0.29) is 11.5 Å². The van der Waals surface area contributed by atoms with Gasteiger partial charge in [0.2, 0.25) is 0 Å². The molecule has 0 saturated carbocycles. The Kier molecular flexibility index (Phi) is 3.14. The third-order valence-electron chi connectivity index (χ3n) is 3.13. The van der Waals surface area contributed by atoms with Crippen molar-refractivity contribution in [1.82, 2.24) is 0 Å². The molecule has 4 nitrogen and oxygen atoms in total. The van der Waals surface area contributed by atoms with E-state index in [1.807, 2.05) is 32.0 Å². The van der Waals surface area contributed by atoms with E-state index >= 15 is 0 Å². The SMILES string of the molecule is Cc1cccc(C)c1N[C@H]1CS(=O)(=O)C[C@H]1O. The predicted octanol–water partition coefficient (Wildman–Crippen LogP) is 0.873. The minimum absolute atomic E-state index is 0.00193. The highest BCUT2D eigenvalue weighted by Gasteiger charge is 2.36. The molecule has 0 aliphatic carbocycles. The Hall–Kier alpha value is -1.07. The molecule has 1 fully saturated rings. The second kappa shape index (κ2) is 4.31. The Labute approximate surface area is 102 Å². The number of benzene rings is 1. The molecule has 1 aliphatic rings. The number of para-hydroxylation sites is 1. The molecule has 0 bridgehead atoms. The Bertz CT molecular complexity index is 504. The van der Waals surface area contributed by atoms with Crippen LogP contribution in [0.4, 0.5) is 5.69 Å². The van der Waals surface area contributed by atoms with Gasteiger partial charge in [0.15, 0.2) is 9.84 Å². The molecule has 5 heteroatoms. The minimum atomic E-state index is -3.10. The summed E-state index contributed by atoms with van der Waals surface area (Å²) in [7, 11) is -3.10. The molecule has 1 aromatic rings. The van der Waals surface area contributed by atoms with Crippen molar-refractivity contribution in [2.45, 2.75) is 26.0 Å². The van der Waals surface area contributed by atoms with E-state index < -0.39 is 22.0 Å². The third-order valence-corrected chi connectivity index (χ3v) is 4.85. The fourth-order valence-electron chi connectivity index (χ4n) is 2.19. The van der Waals surface area contributed by atoms with Gasteiger partial charge in [-0.1, -0.05) is 18.2 Å². The number of sulfone groups is 1. The van der Waals surface area contributed by atoms with Crippen molar-refractivity contribution < 1.29 is 13.5 Å². The van der Waals surface area contributed by atoms with Crippen molar-refractivity contribution >= 4 is 15.5 Å².